The normalized spacial score (nSPS) is 9.93. The van der Waals surface area contributed by atoms with Crippen LogP contribution in [0, 0.1) is 6.92 Å². The first-order chi connectivity index (χ1) is 7.11. The largest absolute Gasteiger partial charge is 0.370 e. The molecule has 82 valence electrons. The molecule has 1 heterocycles. The Kier molecular flexibility index (Phi) is 3.84. The van der Waals surface area contributed by atoms with E-state index in [9.17, 15) is 9.59 Å². The highest BCUT2D eigenvalue weighted by atomic mass is 16.2. The van der Waals surface area contributed by atoms with Crippen LogP contribution in [0.25, 0.3) is 0 Å². The number of nitrogens with one attached hydrogen (secondary N) is 2. The number of hydrogen-bond donors (Lipinski definition) is 3. The fourth-order valence-electron chi connectivity index (χ4n) is 1.14. The Morgan fingerprint density at radius 2 is 2.33 bits per heavy atom. The van der Waals surface area contributed by atoms with Gasteiger partial charge in [-0.15, -0.1) is 0 Å². The summed E-state index contributed by atoms with van der Waals surface area (Å²) in [5, 5.41) is 9.09. The lowest BCUT2D eigenvalue weighted by molar-refractivity contribution is -0.118. The number of H-pyrrole nitrogens is 1. The average molecular weight is 210 g/mol. The first-order valence-electron chi connectivity index (χ1n) is 4.67. The molecule has 1 rings (SSSR count). The quantitative estimate of drug-likeness (QED) is 0.582. The first kappa shape index (κ1) is 11.2. The molecule has 15 heavy (non-hydrogen) atoms. The van der Waals surface area contributed by atoms with Crippen molar-refractivity contribution < 1.29 is 9.59 Å². The van der Waals surface area contributed by atoms with Gasteiger partial charge in [0.2, 0.25) is 5.91 Å². The number of hydrogen-bond acceptors (Lipinski definition) is 3. The Morgan fingerprint density at radius 3 is 2.87 bits per heavy atom. The van der Waals surface area contributed by atoms with E-state index in [4.69, 9.17) is 5.73 Å². The molecule has 0 saturated carbocycles. The zero-order valence-electron chi connectivity index (χ0n) is 8.54. The minimum Gasteiger partial charge on any atom is -0.370 e. The second-order valence-electron chi connectivity index (χ2n) is 3.23. The van der Waals surface area contributed by atoms with Gasteiger partial charge in [0.05, 0.1) is 11.8 Å². The van der Waals surface area contributed by atoms with Gasteiger partial charge in [0.1, 0.15) is 0 Å². The second-order valence-corrected chi connectivity index (χ2v) is 3.23. The Hall–Kier alpha value is -1.85. The Balaban J connectivity index is 2.31. The maximum Gasteiger partial charge on any atom is 0.254 e. The highest BCUT2D eigenvalue weighted by molar-refractivity contribution is 5.94. The fourth-order valence-corrected chi connectivity index (χ4v) is 1.14. The molecule has 0 radical (unpaired) electrons. The van der Waals surface area contributed by atoms with Crippen molar-refractivity contribution in [3.8, 4) is 0 Å². The van der Waals surface area contributed by atoms with Crippen molar-refractivity contribution in [3.05, 3.63) is 17.5 Å². The van der Waals surface area contributed by atoms with Gasteiger partial charge in [-0.05, 0) is 13.3 Å². The maximum atomic E-state index is 11.5. The second kappa shape index (κ2) is 5.14. The summed E-state index contributed by atoms with van der Waals surface area (Å²) in [4.78, 5) is 21.9. The van der Waals surface area contributed by atoms with E-state index in [0.29, 0.717) is 18.5 Å². The van der Waals surface area contributed by atoms with Crippen molar-refractivity contribution in [2.75, 3.05) is 6.54 Å². The standard InChI is InChI=1S/C9H14N4O2/c1-6-7(5-12-13-6)9(15)11-4-2-3-8(10)14/h5H,2-4H2,1H3,(H2,10,14)(H,11,15)(H,12,13). The lowest BCUT2D eigenvalue weighted by Gasteiger charge is -2.02. The van der Waals surface area contributed by atoms with E-state index in [2.05, 4.69) is 15.5 Å². The van der Waals surface area contributed by atoms with Gasteiger partial charge >= 0.3 is 0 Å². The van der Waals surface area contributed by atoms with Crippen LogP contribution in [0.3, 0.4) is 0 Å². The van der Waals surface area contributed by atoms with E-state index in [1.807, 2.05) is 0 Å². The summed E-state index contributed by atoms with van der Waals surface area (Å²) >= 11 is 0. The molecule has 0 aliphatic heterocycles. The van der Waals surface area contributed by atoms with Crippen LogP contribution in [0.1, 0.15) is 28.9 Å². The van der Waals surface area contributed by atoms with Gasteiger partial charge in [-0.2, -0.15) is 5.10 Å². The van der Waals surface area contributed by atoms with Crippen LogP contribution in [0.5, 0.6) is 0 Å². The molecule has 0 spiro atoms. The number of primary amides is 1. The smallest absolute Gasteiger partial charge is 0.254 e. The molecule has 1 aromatic heterocycles. The molecular formula is C9H14N4O2. The van der Waals surface area contributed by atoms with E-state index in [1.54, 1.807) is 6.92 Å². The molecule has 0 aliphatic rings. The molecule has 0 saturated heterocycles. The summed E-state index contributed by atoms with van der Waals surface area (Å²) in [5.74, 6) is -0.547. The summed E-state index contributed by atoms with van der Waals surface area (Å²) in [5.41, 5.74) is 6.21. The topological polar surface area (TPSA) is 101 Å². The van der Waals surface area contributed by atoms with Crippen LogP contribution in [-0.2, 0) is 4.79 Å². The van der Waals surface area contributed by atoms with Crippen molar-refractivity contribution in [3.63, 3.8) is 0 Å². The summed E-state index contributed by atoms with van der Waals surface area (Å²) in [6.07, 6.45) is 2.31. The molecule has 0 atom stereocenters. The van der Waals surface area contributed by atoms with E-state index in [1.165, 1.54) is 6.20 Å². The number of rotatable bonds is 5. The third-order valence-electron chi connectivity index (χ3n) is 1.96. The van der Waals surface area contributed by atoms with Crippen LogP contribution in [0.2, 0.25) is 0 Å². The number of aromatic nitrogens is 2. The van der Waals surface area contributed by atoms with Gasteiger partial charge < -0.3 is 11.1 Å². The van der Waals surface area contributed by atoms with Crippen LogP contribution >= 0.6 is 0 Å². The molecule has 0 unspecified atom stereocenters. The van der Waals surface area contributed by atoms with Crippen LogP contribution in [-0.4, -0.2) is 28.6 Å². The van der Waals surface area contributed by atoms with Crippen molar-refractivity contribution in [2.24, 2.45) is 5.73 Å². The number of carbonyl (C=O) groups is 2. The molecule has 4 N–H and O–H groups in total. The molecular weight excluding hydrogens is 196 g/mol. The highest BCUT2D eigenvalue weighted by Gasteiger charge is 2.09. The van der Waals surface area contributed by atoms with Gasteiger partial charge in [0.25, 0.3) is 5.91 Å². The summed E-state index contributed by atoms with van der Waals surface area (Å²) < 4.78 is 0. The van der Waals surface area contributed by atoms with E-state index in [-0.39, 0.29) is 18.2 Å². The molecule has 0 aliphatic carbocycles. The summed E-state index contributed by atoms with van der Waals surface area (Å²) in [7, 11) is 0. The lowest BCUT2D eigenvalue weighted by Crippen LogP contribution is -2.25. The van der Waals surface area contributed by atoms with Crippen molar-refractivity contribution in [2.45, 2.75) is 19.8 Å². The van der Waals surface area contributed by atoms with Gasteiger partial charge in [-0.25, -0.2) is 0 Å². The number of nitrogens with two attached hydrogens (primary N) is 1. The molecule has 0 bridgehead atoms. The zero-order valence-corrected chi connectivity index (χ0v) is 8.54. The first-order valence-corrected chi connectivity index (χ1v) is 4.67. The van der Waals surface area contributed by atoms with E-state index < -0.39 is 0 Å². The molecule has 1 aromatic rings. The monoisotopic (exact) mass is 210 g/mol. The number of aromatic amines is 1. The van der Waals surface area contributed by atoms with E-state index in [0.717, 1.165) is 5.69 Å². The predicted octanol–water partition coefficient (Wildman–Crippen LogP) is -0.287. The Labute approximate surface area is 87.2 Å². The third kappa shape index (κ3) is 3.41. The molecule has 0 aromatic carbocycles. The number of carbonyl (C=O) groups excluding carboxylic acids is 2. The Bertz CT molecular complexity index is 359. The number of aryl methyl sites for hydroxylation is 1. The lowest BCUT2D eigenvalue weighted by atomic mass is 10.2. The third-order valence-corrected chi connectivity index (χ3v) is 1.96. The summed E-state index contributed by atoms with van der Waals surface area (Å²) in [6.45, 7) is 2.21. The van der Waals surface area contributed by atoms with Crippen molar-refractivity contribution in [1.29, 1.82) is 0 Å². The van der Waals surface area contributed by atoms with Crippen molar-refractivity contribution >= 4 is 11.8 Å². The zero-order chi connectivity index (χ0) is 11.3. The Morgan fingerprint density at radius 1 is 1.60 bits per heavy atom. The molecule has 0 fully saturated rings. The highest BCUT2D eigenvalue weighted by Crippen LogP contribution is 2.01. The van der Waals surface area contributed by atoms with Gasteiger partial charge in [-0.3, -0.25) is 14.7 Å². The molecule has 2 amide bonds. The predicted molar refractivity (Wildman–Crippen MR) is 54.1 cm³/mol. The van der Waals surface area contributed by atoms with Crippen LogP contribution in [0.4, 0.5) is 0 Å². The minimum atomic E-state index is -0.358. The van der Waals surface area contributed by atoms with Crippen molar-refractivity contribution in [1.82, 2.24) is 15.5 Å². The average Bonchev–Trinajstić information content (AvgIpc) is 2.58. The van der Waals surface area contributed by atoms with Gasteiger partial charge in [0, 0.05) is 18.7 Å². The maximum absolute atomic E-state index is 11.5. The fraction of sp³-hybridized carbons (Fsp3) is 0.444. The van der Waals surface area contributed by atoms with Crippen LogP contribution in [0.15, 0.2) is 6.20 Å². The number of nitrogens with zero attached hydrogens (tertiary/aromatic N) is 1. The molecule has 6 nitrogen and oxygen atoms in total. The molecule has 6 heteroatoms. The van der Waals surface area contributed by atoms with E-state index >= 15 is 0 Å². The minimum absolute atomic E-state index is 0.189. The number of amides is 2. The SMILES string of the molecule is Cc1[nH]ncc1C(=O)NCCCC(N)=O. The van der Waals surface area contributed by atoms with Gasteiger partial charge in [0.15, 0.2) is 0 Å². The summed E-state index contributed by atoms with van der Waals surface area (Å²) in [6, 6.07) is 0. The van der Waals surface area contributed by atoms with Crippen LogP contribution < -0.4 is 11.1 Å². The van der Waals surface area contributed by atoms with Gasteiger partial charge in [-0.1, -0.05) is 0 Å².